The van der Waals surface area contributed by atoms with Gasteiger partial charge in [0.1, 0.15) is 43.2 Å². The van der Waals surface area contributed by atoms with Crippen LogP contribution in [0.25, 0.3) is 21.9 Å². The van der Waals surface area contributed by atoms with Crippen LogP contribution >= 0.6 is 0 Å². The number of aliphatic hydroxyl groups is 1. The molecule has 21 heteroatoms. The van der Waals surface area contributed by atoms with E-state index in [1.807, 2.05) is 29.7 Å². The summed E-state index contributed by atoms with van der Waals surface area (Å²) in [7, 11) is 1.49. The normalized spacial score (nSPS) is 12.3. The lowest BCUT2D eigenvalue weighted by Gasteiger charge is -2.25. The quantitative estimate of drug-likeness (QED) is 0.0528. The monoisotopic (exact) mass is 877 g/mol. The maximum absolute atomic E-state index is 13.4. The van der Waals surface area contributed by atoms with Crippen molar-refractivity contribution in [3.05, 3.63) is 59.9 Å². The minimum absolute atomic E-state index is 0.00407. The molecule has 63 heavy (non-hydrogen) atoms. The maximum Gasteiger partial charge on any atom is 0.412 e. The van der Waals surface area contributed by atoms with Crippen LogP contribution < -0.4 is 38.1 Å². The molecule has 0 saturated carbocycles. The molecule has 0 fully saturated rings. The van der Waals surface area contributed by atoms with E-state index >= 15 is 0 Å². The predicted molar refractivity (Wildman–Crippen MR) is 234 cm³/mol. The van der Waals surface area contributed by atoms with E-state index in [4.69, 9.17) is 30.7 Å². The van der Waals surface area contributed by atoms with E-state index in [9.17, 15) is 33.9 Å². The number of benzene rings is 2. The number of primary amides is 1. The molecular formula is C42H59N11O10. The zero-order chi connectivity index (χ0) is 46.3. The van der Waals surface area contributed by atoms with E-state index in [1.54, 1.807) is 58.0 Å². The number of nitrogens with zero attached hydrogens (tertiary/aromatic N) is 4. The fourth-order valence-corrected chi connectivity index (χ4v) is 6.31. The Balaban J connectivity index is 1.31. The number of likely N-dealkylation sites (N-methyl/N-ethyl adjacent to an activating group) is 1. The number of hydrogen-bond acceptors (Lipinski definition) is 13. The largest absolute Gasteiger partial charge is 0.447 e. The molecule has 342 valence electrons. The second kappa shape index (κ2) is 23.0. The number of fused-ring (bicyclic) bond motifs is 3. The van der Waals surface area contributed by atoms with Crippen molar-refractivity contribution in [1.82, 2.24) is 35.4 Å². The molecule has 21 nitrogen and oxygen atoms in total. The summed E-state index contributed by atoms with van der Waals surface area (Å²) in [5.41, 5.74) is 12.1. The Morgan fingerprint density at radius 2 is 1.65 bits per heavy atom. The number of nitrogens with one attached hydrogen (secondary N) is 5. The number of anilines is 2. The summed E-state index contributed by atoms with van der Waals surface area (Å²) in [6, 6.07) is 11.2. The molecule has 0 saturated heterocycles. The molecule has 1 unspecified atom stereocenters. The van der Waals surface area contributed by atoms with Crippen LogP contribution in [0.4, 0.5) is 25.9 Å². The average molecular weight is 878 g/mol. The molecule has 4 rings (SSSR count). The van der Waals surface area contributed by atoms with Gasteiger partial charge in [-0.25, -0.2) is 24.4 Å². The van der Waals surface area contributed by atoms with E-state index < -0.39 is 53.6 Å². The Hall–Kier alpha value is -6.58. The van der Waals surface area contributed by atoms with Gasteiger partial charge in [-0.3, -0.25) is 19.7 Å². The molecule has 4 aromatic rings. The van der Waals surface area contributed by atoms with E-state index in [-0.39, 0.29) is 64.2 Å². The number of pyridine rings is 1. The van der Waals surface area contributed by atoms with E-state index in [2.05, 4.69) is 31.6 Å². The van der Waals surface area contributed by atoms with Crippen molar-refractivity contribution in [1.29, 1.82) is 0 Å². The van der Waals surface area contributed by atoms with Gasteiger partial charge in [-0.05, 0) is 63.3 Å². The number of aromatic nitrogens is 3. The van der Waals surface area contributed by atoms with E-state index in [0.29, 0.717) is 46.7 Å². The van der Waals surface area contributed by atoms with Crippen LogP contribution in [0.3, 0.4) is 0 Å². The number of ether oxygens (including phenoxy) is 3. The minimum atomic E-state index is -1.09. The van der Waals surface area contributed by atoms with Gasteiger partial charge < -0.3 is 61.5 Å². The molecule has 2 aromatic carbocycles. The van der Waals surface area contributed by atoms with Crippen molar-refractivity contribution >= 4 is 69.4 Å². The average Bonchev–Trinajstić information content (AvgIpc) is 3.58. The van der Waals surface area contributed by atoms with Gasteiger partial charge >= 0.3 is 18.2 Å². The molecule has 2 aromatic heterocycles. The lowest BCUT2D eigenvalue weighted by atomic mass is 10.0. The fraction of sp³-hybridized carbons (Fsp3) is 0.476. The standard InChI is InChI=1S/C42H59N11O10/c1-7-61-23-31-49-34-35(53(31)24-42(4,5)60)28-11-8-9-12-29(28)47-36(34)51-40(58)62-20-19-52(6)41(59)63-22-26-14-16-27(17-15-26)46-37(55)30(13-10-18-45-39(44)57)48-38(56)33(25(2)3)50-32(54)21-43/h8-9,11-12,14-17,25,30,33,60H,7,10,13,18-24,43H2,1-6H3,(H,46,55)(H,48,56)(H,50,54)(H3,44,45,57)(H,47,51,58)/t30-,33?/m1/s1. The number of urea groups is 1. The molecule has 7 amide bonds. The third kappa shape index (κ3) is 14.8. The summed E-state index contributed by atoms with van der Waals surface area (Å²) in [4.78, 5) is 86.0. The van der Waals surface area contributed by atoms with Gasteiger partial charge in [0.05, 0.1) is 36.3 Å². The third-order valence-corrected chi connectivity index (χ3v) is 9.47. The van der Waals surface area contributed by atoms with Crippen LogP contribution in [0, 0.1) is 5.92 Å². The molecule has 0 aliphatic heterocycles. The van der Waals surface area contributed by atoms with Crippen LogP contribution in [-0.4, -0.2) is 118 Å². The van der Waals surface area contributed by atoms with Crippen molar-refractivity contribution in [2.45, 2.75) is 84.9 Å². The Labute approximate surface area is 364 Å². The van der Waals surface area contributed by atoms with Gasteiger partial charge in [0.15, 0.2) is 5.82 Å². The van der Waals surface area contributed by atoms with Crippen LogP contribution in [-0.2, 0) is 48.4 Å². The molecule has 0 radical (unpaired) electrons. The predicted octanol–water partition coefficient (Wildman–Crippen LogP) is 2.68. The highest BCUT2D eigenvalue weighted by molar-refractivity contribution is 6.09. The minimum Gasteiger partial charge on any atom is -0.447 e. The van der Waals surface area contributed by atoms with Gasteiger partial charge in [-0.2, -0.15) is 0 Å². The molecule has 0 aliphatic rings. The first-order chi connectivity index (χ1) is 29.9. The Morgan fingerprint density at radius 1 is 0.937 bits per heavy atom. The van der Waals surface area contributed by atoms with Crippen LogP contribution in [0.5, 0.6) is 0 Å². The van der Waals surface area contributed by atoms with Crippen LogP contribution in [0.2, 0.25) is 0 Å². The van der Waals surface area contributed by atoms with Crippen molar-refractivity contribution in [3.8, 4) is 0 Å². The van der Waals surface area contributed by atoms with Crippen molar-refractivity contribution in [2.24, 2.45) is 17.4 Å². The first-order valence-electron chi connectivity index (χ1n) is 20.5. The first kappa shape index (κ1) is 49.1. The van der Waals surface area contributed by atoms with E-state index in [0.717, 1.165) is 5.39 Å². The summed E-state index contributed by atoms with van der Waals surface area (Å²) in [6.07, 6.45) is -1.05. The first-order valence-corrected chi connectivity index (χ1v) is 20.5. The Kier molecular flexibility index (Phi) is 17.9. The highest BCUT2D eigenvalue weighted by atomic mass is 16.6. The number of nitrogens with two attached hydrogens (primary N) is 2. The second-order valence-corrected chi connectivity index (χ2v) is 15.6. The topological polar surface area (TPSA) is 296 Å². The second-order valence-electron chi connectivity index (χ2n) is 15.6. The highest BCUT2D eigenvalue weighted by Gasteiger charge is 2.29. The van der Waals surface area contributed by atoms with Crippen LogP contribution in [0.1, 0.15) is 58.8 Å². The van der Waals surface area contributed by atoms with Gasteiger partial charge in [0.25, 0.3) is 0 Å². The SMILES string of the molecule is CCOCc1nc2c(NC(=O)OCCN(C)C(=O)OCc3ccc(NC(=O)[C@@H](CCCNC(N)=O)NC(=O)C(NC(=O)CN)C(C)C)cc3)nc3ccccc3c2n1CC(C)(C)O. The lowest BCUT2D eigenvalue weighted by Crippen LogP contribution is -2.55. The molecule has 2 heterocycles. The fourth-order valence-electron chi connectivity index (χ4n) is 6.31. The Morgan fingerprint density at radius 3 is 2.30 bits per heavy atom. The summed E-state index contributed by atoms with van der Waals surface area (Å²) in [5, 5.41) is 24.6. The Bertz CT molecular complexity index is 2220. The summed E-state index contributed by atoms with van der Waals surface area (Å²) >= 11 is 0. The van der Waals surface area contributed by atoms with Gasteiger partial charge in [-0.15, -0.1) is 0 Å². The number of amides is 7. The van der Waals surface area contributed by atoms with Crippen molar-refractivity contribution in [3.63, 3.8) is 0 Å². The number of rotatable bonds is 22. The zero-order valence-electron chi connectivity index (χ0n) is 36.5. The number of para-hydroxylation sites is 1. The van der Waals surface area contributed by atoms with Crippen molar-refractivity contribution < 1.29 is 48.1 Å². The summed E-state index contributed by atoms with van der Waals surface area (Å²) in [5.74, 6) is -1.24. The number of hydrogen-bond donors (Lipinski definition) is 8. The maximum atomic E-state index is 13.4. The van der Waals surface area contributed by atoms with Gasteiger partial charge in [0.2, 0.25) is 17.7 Å². The molecule has 2 atom stereocenters. The molecule has 0 aliphatic carbocycles. The molecule has 10 N–H and O–H groups in total. The lowest BCUT2D eigenvalue weighted by molar-refractivity contribution is -0.131. The smallest absolute Gasteiger partial charge is 0.412 e. The molecule has 0 spiro atoms. The number of carbonyl (C=O) groups excluding carboxylic acids is 6. The van der Waals surface area contributed by atoms with Gasteiger partial charge in [0, 0.05) is 31.3 Å². The molecular weight excluding hydrogens is 819 g/mol. The van der Waals surface area contributed by atoms with E-state index in [1.165, 1.54) is 11.9 Å². The third-order valence-electron chi connectivity index (χ3n) is 9.47. The molecule has 0 bridgehead atoms. The van der Waals surface area contributed by atoms with Crippen molar-refractivity contribution in [2.75, 3.05) is 50.5 Å². The summed E-state index contributed by atoms with van der Waals surface area (Å²) < 4.78 is 18.4. The zero-order valence-corrected chi connectivity index (χ0v) is 36.5. The number of imidazole rings is 1. The number of carbonyl (C=O) groups is 6. The van der Waals surface area contributed by atoms with Gasteiger partial charge in [-0.1, -0.05) is 44.2 Å². The highest BCUT2D eigenvalue weighted by Crippen LogP contribution is 2.31. The summed E-state index contributed by atoms with van der Waals surface area (Å²) in [6.45, 7) is 9.14. The van der Waals surface area contributed by atoms with Crippen LogP contribution in [0.15, 0.2) is 48.5 Å².